The summed E-state index contributed by atoms with van der Waals surface area (Å²) in [5.41, 5.74) is 0. The maximum Gasteiger partial charge on any atom is 0.251 e. The fourth-order valence-corrected chi connectivity index (χ4v) is 1.61. The largest absolute Gasteiger partial charge is 0.350 e. The van der Waals surface area contributed by atoms with Gasteiger partial charge in [-0.05, 0) is 12.2 Å². The summed E-state index contributed by atoms with van der Waals surface area (Å²) in [6.07, 6.45) is 3.93. The molecule has 0 aliphatic carbocycles. The minimum Gasteiger partial charge on any atom is -0.350 e. The zero-order valence-electron chi connectivity index (χ0n) is 7.65. The summed E-state index contributed by atoms with van der Waals surface area (Å²) in [5.74, 6) is 0.778. The maximum atomic E-state index is 11.6. The Balaban J connectivity index is 2.07. The van der Waals surface area contributed by atoms with Crippen LogP contribution in [0, 0.1) is 0 Å². The third-order valence-corrected chi connectivity index (χ3v) is 2.58. The molecular formula is C8H10N4OS. The number of carbonyl (C=O) groups is 1. The Labute approximate surface area is 86.5 Å². The van der Waals surface area contributed by atoms with Gasteiger partial charge in [-0.1, -0.05) is 0 Å². The minimum atomic E-state index is -0.279. The molecule has 0 bridgehead atoms. The number of carbonyl (C=O) groups excluding carboxylic acids is 1. The molecule has 1 fully saturated rings. The van der Waals surface area contributed by atoms with Gasteiger partial charge in [0.1, 0.15) is 11.9 Å². The number of hydrogen-bond acceptors (Lipinski definition) is 3. The molecule has 0 aromatic carbocycles. The summed E-state index contributed by atoms with van der Waals surface area (Å²) in [7, 11) is 1.67. The number of rotatable bonds is 2. The van der Waals surface area contributed by atoms with E-state index in [9.17, 15) is 4.79 Å². The van der Waals surface area contributed by atoms with Gasteiger partial charge < -0.3 is 10.3 Å². The maximum absolute atomic E-state index is 11.6. The number of amides is 1. The first kappa shape index (κ1) is 9.14. The van der Waals surface area contributed by atoms with Crippen molar-refractivity contribution in [2.75, 3.05) is 7.05 Å². The molecular weight excluding hydrogens is 200 g/mol. The van der Waals surface area contributed by atoms with Crippen molar-refractivity contribution in [3.05, 3.63) is 18.2 Å². The van der Waals surface area contributed by atoms with Gasteiger partial charge in [0.2, 0.25) is 0 Å². The van der Waals surface area contributed by atoms with E-state index in [1.807, 2.05) is 0 Å². The highest BCUT2D eigenvalue weighted by molar-refractivity contribution is 7.80. The molecule has 74 valence electrons. The number of nitrogens with zero attached hydrogens (tertiary/aromatic N) is 2. The van der Waals surface area contributed by atoms with Crippen LogP contribution in [0.25, 0.3) is 0 Å². The van der Waals surface area contributed by atoms with Crippen LogP contribution < -0.4 is 5.32 Å². The van der Waals surface area contributed by atoms with Crippen LogP contribution in [0.5, 0.6) is 0 Å². The minimum absolute atomic E-state index is 0.00796. The molecule has 2 N–H and O–H groups in total. The molecule has 0 spiro atoms. The lowest BCUT2D eigenvalue weighted by molar-refractivity contribution is -0.126. The Kier molecular flexibility index (Phi) is 2.20. The highest BCUT2D eigenvalue weighted by atomic mass is 32.1. The van der Waals surface area contributed by atoms with Gasteiger partial charge in [-0.15, -0.1) is 0 Å². The fraction of sp³-hybridized carbons (Fsp3) is 0.375. The quantitative estimate of drug-likeness (QED) is 0.656. The molecule has 1 unspecified atom stereocenters. The van der Waals surface area contributed by atoms with Crippen molar-refractivity contribution in [2.45, 2.75) is 12.5 Å². The predicted octanol–water partition coefficient (Wildman–Crippen LogP) is -0.333. The van der Waals surface area contributed by atoms with Gasteiger partial charge in [0, 0.05) is 25.9 Å². The van der Waals surface area contributed by atoms with Crippen LogP contribution in [0.15, 0.2) is 12.4 Å². The third-order valence-electron chi connectivity index (χ3n) is 2.18. The smallest absolute Gasteiger partial charge is 0.251 e. The SMILES string of the molecule is CN1C(=O)C(Cc2ncc[nH]2)NC1=S. The molecule has 2 rings (SSSR count). The summed E-state index contributed by atoms with van der Waals surface area (Å²) in [6.45, 7) is 0. The van der Waals surface area contributed by atoms with Crippen LogP contribution in [-0.2, 0) is 11.2 Å². The highest BCUT2D eigenvalue weighted by Crippen LogP contribution is 2.07. The highest BCUT2D eigenvalue weighted by Gasteiger charge is 2.32. The number of aromatic amines is 1. The zero-order valence-corrected chi connectivity index (χ0v) is 8.47. The Morgan fingerprint density at radius 1 is 1.71 bits per heavy atom. The molecule has 5 nitrogen and oxygen atoms in total. The number of hydrogen-bond donors (Lipinski definition) is 2. The van der Waals surface area contributed by atoms with Gasteiger partial charge in [-0.3, -0.25) is 9.69 Å². The monoisotopic (exact) mass is 210 g/mol. The normalized spacial score (nSPS) is 21.5. The number of nitrogens with one attached hydrogen (secondary N) is 2. The van der Waals surface area contributed by atoms with Gasteiger partial charge >= 0.3 is 0 Å². The van der Waals surface area contributed by atoms with Gasteiger partial charge in [0.15, 0.2) is 5.11 Å². The summed E-state index contributed by atoms with van der Waals surface area (Å²) in [4.78, 5) is 20.0. The second-order valence-electron chi connectivity index (χ2n) is 3.14. The van der Waals surface area contributed by atoms with Crippen LogP contribution in [0.1, 0.15) is 5.82 Å². The lowest BCUT2D eigenvalue weighted by Crippen LogP contribution is -2.31. The lowest BCUT2D eigenvalue weighted by atomic mass is 10.2. The predicted molar refractivity (Wildman–Crippen MR) is 54.6 cm³/mol. The molecule has 6 heteroatoms. The second kappa shape index (κ2) is 3.38. The summed E-state index contributed by atoms with van der Waals surface area (Å²) in [5, 5.41) is 3.42. The number of imidazole rings is 1. The lowest BCUT2D eigenvalue weighted by Gasteiger charge is -2.05. The van der Waals surface area contributed by atoms with Crippen molar-refractivity contribution in [1.82, 2.24) is 20.2 Å². The van der Waals surface area contributed by atoms with E-state index in [1.165, 1.54) is 4.90 Å². The van der Waals surface area contributed by atoms with Crippen molar-refractivity contribution < 1.29 is 4.79 Å². The molecule has 1 aliphatic rings. The number of likely N-dealkylation sites (N-methyl/N-ethyl adjacent to an activating group) is 1. The Morgan fingerprint density at radius 2 is 2.50 bits per heavy atom. The number of aromatic nitrogens is 2. The van der Waals surface area contributed by atoms with Crippen molar-refractivity contribution in [3.63, 3.8) is 0 Å². The van der Waals surface area contributed by atoms with Crippen LogP contribution in [0.4, 0.5) is 0 Å². The molecule has 14 heavy (non-hydrogen) atoms. The van der Waals surface area contributed by atoms with Crippen LogP contribution in [-0.4, -0.2) is 39.0 Å². The van der Waals surface area contributed by atoms with Crippen molar-refractivity contribution in [2.24, 2.45) is 0 Å². The van der Waals surface area contributed by atoms with Gasteiger partial charge in [-0.2, -0.15) is 0 Å². The second-order valence-corrected chi connectivity index (χ2v) is 3.53. The molecule has 0 radical (unpaired) electrons. The average Bonchev–Trinajstić information content (AvgIpc) is 2.73. The summed E-state index contributed by atoms with van der Waals surface area (Å²) < 4.78 is 0. The first-order valence-electron chi connectivity index (χ1n) is 4.25. The first-order valence-corrected chi connectivity index (χ1v) is 4.65. The van der Waals surface area contributed by atoms with Crippen molar-refractivity contribution in [1.29, 1.82) is 0 Å². The molecule has 1 aromatic heterocycles. The van der Waals surface area contributed by atoms with Crippen LogP contribution in [0.3, 0.4) is 0 Å². The van der Waals surface area contributed by atoms with Gasteiger partial charge in [0.25, 0.3) is 5.91 Å². The average molecular weight is 210 g/mol. The summed E-state index contributed by atoms with van der Waals surface area (Å²) >= 11 is 4.95. The topological polar surface area (TPSA) is 61.0 Å². The van der Waals surface area contributed by atoms with E-state index in [0.29, 0.717) is 11.5 Å². The van der Waals surface area contributed by atoms with E-state index in [1.54, 1.807) is 19.4 Å². The third kappa shape index (κ3) is 1.48. The molecule has 2 heterocycles. The van der Waals surface area contributed by atoms with Crippen LogP contribution >= 0.6 is 12.2 Å². The molecule has 1 amide bonds. The first-order chi connectivity index (χ1) is 6.68. The van der Waals surface area contributed by atoms with E-state index in [4.69, 9.17) is 12.2 Å². The number of thiocarbonyl (C=S) groups is 1. The van der Waals surface area contributed by atoms with E-state index in [-0.39, 0.29) is 11.9 Å². The molecule has 1 saturated heterocycles. The fourth-order valence-electron chi connectivity index (χ4n) is 1.38. The Morgan fingerprint density at radius 3 is 3.00 bits per heavy atom. The molecule has 1 aromatic rings. The van der Waals surface area contributed by atoms with Gasteiger partial charge in [-0.25, -0.2) is 4.98 Å². The van der Waals surface area contributed by atoms with E-state index >= 15 is 0 Å². The van der Waals surface area contributed by atoms with E-state index in [0.717, 1.165) is 5.82 Å². The molecule has 1 atom stereocenters. The van der Waals surface area contributed by atoms with Crippen LogP contribution in [0.2, 0.25) is 0 Å². The van der Waals surface area contributed by atoms with Gasteiger partial charge in [0.05, 0.1) is 0 Å². The summed E-state index contributed by atoms with van der Waals surface area (Å²) in [6, 6.07) is -0.279. The van der Waals surface area contributed by atoms with Crippen molar-refractivity contribution >= 4 is 23.2 Å². The Hall–Kier alpha value is -1.43. The standard InChI is InChI=1S/C8H10N4OS/c1-12-7(13)5(11-8(12)14)4-6-9-2-3-10-6/h2-3,5H,4H2,1H3,(H,9,10)(H,11,14). The number of H-pyrrole nitrogens is 1. The van der Waals surface area contributed by atoms with E-state index < -0.39 is 0 Å². The van der Waals surface area contributed by atoms with Crippen molar-refractivity contribution in [3.8, 4) is 0 Å². The Bertz CT molecular complexity index is 361. The molecule has 1 aliphatic heterocycles. The zero-order chi connectivity index (χ0) is 10.1. The molecule has 0 saturated carbocycles. The van der Waals surface area contributed by atoms with E-state index in [2.05, 4.69) is 15.3 Å².